The summed E-state index contributed by atoms with van der Waals surface area (Å²) >= 11 is 0. The van der Waals surface area contributed by atoms with Crippen molar-refractivity contribution in [2.75, 3.05) is 53.4 Å². The molecule has 7 heteroatoms. The molecule has 0 aliphatic heterocycles. The number of amides is 1. The van der Waals surface area contributed by atoms with Crippen LogP contribution in [0.15, 0.2) is 60.7 Å². The van der Waals surface area contributed by atoms with E-state index in [0.29, 0.717) is 23.4 Å². The summed E-state index contributed by atoms with van der Waals surface area (Å²) in [5.41, 5.74) is 5.77. The molecule has 0 atom stereocenters. The number of nitrogens with one attached hydrogen (secondary N) is 1. The fourth-order valence-corrected chi connectivity index (χ4v) is 4.05. The molecule has 0 bridgehead atoms. The van der Waals surface area contributed by atoms with E-state index in [1.807, 2.05) is 69.6 Å². The minimum atomic E-state index is -0.371. The summed E-state index contributed by atoms with van der Waals surface area (Å²) in [6.07, 6.45) is 1.81. The minimum absolute atomic E-state index is 0.170. The third-order valence-electron chi connectivity index (χ3n) is 6.03. The highest BCUT2D eigenvalue weighted by Crippen LogP contribution is 2.27. The summed E-state index contributed by atoms with van der Waals surface area (Å²) in [7, 11) is 7.30. The van der Waals surface area contributed by atoms with Gasteiger partial charge < -0.3 is 24.4 Å². The second kappa shape index (κ2) is 13.6. The summed E-state index contributed by atoms with van der Waals surface area (Å²) in [5, 5.41) is 2.98. The Morgan fingerprint density at radius 1 is 0.892 bits per heavy atom. The molecule has 7 nitrogen and oxygen atoms in total. The highest BCUT2D eigenvalue weighted by atomic mass is 16.6. The highest BCUT2D eigenvalue weighted by Gasteiger charge is 2.13. The molecule has 0 heterocycles. The molecule has 0 saturated heterocycles. The molecule has 0 aliphatic carbocycles. The first-order valence-corrected chi connectivity index (χ1v) is 12.3. The molecule has 196 valence electrons. The van der Waals surface area contributed by atoms with E-state index in [1.165, 1.54) is 0 Å². The molecule has 3 rings (SSSR count). The Morgan fingerprint density at radius 3 is 2.27 bits per heavy atom. The monoisotopic (exact) mass is 504 g/mol. The van der Waals surface area contributed by atoms with Gasteiger partial charge in [0.15, 0.2) is 0 Å². The lowest BCUT2D eigenvalue weighted by Crippen LogP contribution is -2.14. The maximum Gasteiger partial charge on any atom is 0.338 e. The van der Waals surface area contributed by atoms with Crippen LogP contribution in [0.5, 0.6) is 5.75 Å². The molecule has 37 heavy (non-hydrogen) atoms. The van der Waals surface area contributed by atoms with Crippen molar-refractivity contribution in [3.8, 4) is 16.9 Å². The summed E-state index contributed by atoms with van der Waals surface area (Å²) in [4.78, 5) is 27.3. The smallest absolute Gasteiger partial charge is 0.338 e. The van der Waals surface area contributed by atoms with Crippen LogP contribution < -0.4 is 10.1 Å². The van der Waals surface area contributed by atoms with Gasteiger partial charge in [-0.2, -0.15) is 0 Å². The number of rotatable bonds is 12. The number of aryl methyl sites for hydroxylation is 2. The number of carbonyl (C=O) groups excluding carboxylic acids is 2. The number of esters is 1. The van der Waals surface area contributed by atoms with Gasteiger partial charge in [0.1, 0.15) is 12.4 Å². The number of carbonyl (C=O) groups is 2. The molecule has 3 aromatic carbocycles. The average molecular weight is 505 g/mol. The van der Waals surface area contributed by atoms with Gasteiger partial charge in [0.25, 0.3) is 5.91 Å². The summed E-state index contributed by atoms with van der Waals surface area (Å²) in [6.45, 7) is 3.50. The Morgan fingerprint density at radius 2 is 1.62 bits per heavy atom. The van der Waals surface area contributed by atoms with Gasteiger partial charge in [0.05, 0.1) is 19.3 Å². The van der Waals surface area contributed by atoms with Crippen LogP contribution in [0.2, 0.25) is 0 Å². The first kappa shape index (κ1) is 27.9. The van der Waals surface area contributed by atoms with Gasteiger partial charge in [0.2, 0.25) is 0 Å². The molecule has 0 fully saturated rings. The maximum absolute atomic E-state index is 12.9. The van der Waals surface area contributed by atoms with Gasteiger partial charge in [-0.3, -0.25) is 4.79 Å². The number of benzene rings is 3. The number of methoxy groups -OCH3 is 2. The van der Waals surface area contributed by atoms with Crippen molar-refractivity contribution in [2.24, 2.45) is 0 Å². The Kier molecular flexibility index (Phi) is 10.2. The molecule has 0 radical (unpaired) electrons. The Labute approximate surface area is 219 Å². The van der Waals surface area contributed by atoms with Crippen molar-refractivity contribution in [1.29, 1.82) is 0 Å². The van der Waals surface area contributed by atoms with Gasteiger partial charge in [0, 0.05) is 18.4 Å². The SMILES string of the molecule is COCCOC(=O)c1ccc(-c2ccc(NC(=O)c3ccc(OC)c(CCCN(C)C)c3)cc2)c(C)c1. The van der Waals surface area contributed by atoms with Crippen LogP contribution in [-0.2, 0) is 15.9 Å². The highest BCUT2D eigenvalue weighted by molar-refractivity contribution is 6.04. The van der Waals surface area contributed by atoms with E-state index in [1.54, 1.807) is 26.4 Å². The standard InChI is InChI=1S/C30H36N2O5/c1-21-19-25(30(34)37-18-17-35-4)10-14-27(21)22-8-12-26(13-9-22)31-29(33)24-11-15-28(36-5)23(20-24)7-6-16-32(2)3/h8-15,19-20H,6-7,16-18H2,1-5H3,(H,31,33). The van der Waals surface area contributed by atoms with Crippen molar-refractivity contribution >= 4 is 17.6 Å². The normalized spacial score (nSPS) is 10.9. The first-order valence-electron chi connectivity index (χ1n) is 12.3. The second-order valence-corrected chi connectivity index (χ2v) is 9.12. The van der Waals surface area contributed by atoms with Gasteiger partial charge >= 0.3 is 5.97 Å². The van der Waals surface area contributed by atoms with Crippen LogP contribution in [0.1, 0.15) is 38.3 Å². The zero-order valence-corrected chi connectivity index (χ0v) is 22.3. The molecule has 0 saturated carbocycles. The fraction of sp³-hybridized carbons (Fsp3) is 0.333. The average Bonchev–Trinajstić information content (AvgIpc) is 2.89. The predicted octanol–water partition coefficient (Wildman–Crippen LogP) is 5.22. The zero-order valence-electron chi connectivity index (χ0n) is 22.3. The lowest BCUT2D eigenvalue weighted by molar-refractivity contribution is 0.0388. The van der Waals surface area contributed by atoms with E-state index >= 15 is 0 Å². The van der Waals surface area contributed by atoms with Crippen LogP contribution in [0.4, 0.5) is 5.69 Å². The molecular formula is C30H36N2O5. The van der Waals surface area contributed by atoms with Crippen molar-refractivity contribution in [2.45, 2.75) is 19.8 Å². The van der Waals surface area contributed by atoms with Crippen molar-refractivity contribution < 1.29 is 23.8 Å². The predicted molar refractivity (Wildman–Crippen MR) is 147 cm³/mol. The number of hydrogen-bond acceptors (Lipinski definition) is 6. The third kappa shape index (κ3) is 7.90. The van der Waals surface area contributed by atoms with Gasteiger partial charge in [-0.25, -0.2) is 4.79 Å². The molecule has 0 unspecified atom stereocenters. The van der Waals surface area contributed by atoms with Crippen LogP contribution in [0, 0.1) is 6.92 Å². The Hall–Kier alpha value is -3.68. The van der Waals surface area contributed by atoms with Crippen LogP contribution >= 0.6 is 0 Å². The van der Waals surface area contributed by atoms with Gasteiger partial charge in [-0.15, -0.1) is 0 Å². The van der Waals surface area contributed by atoms with Gasteiger partial charge in [-0.05, 0) is 105 Å². The molecule has 1 amide bonds. The number of anilines is 1. The zero-order chi connectivity index (χ0) is 26.8. The number of nitrogens with zero attached hydrogens (tertiary/aromatic N) is 1. The van der Waals surface area contributed by atoms with Crippen molar-refractivity contribution in [3.05, 3.63) is 82.9 Å². The van der Waals surface area contributed by atoms with E-state index in [2.05, 4.69) is 10.2 Å². The second-order valence-electron chi connectivity index (χ2n) is 9.12. The molecular weight excluding hydrogens is 468 g/mol. The van der Waals surface area contributed by atoms with E-state index in [4.69, 9.17) is 14.2 Å². The van der Waals surface area contributed by atoms with E-state index in [0.717, 1.165) is 47.4 Å². The minimum Gasteiger partial charge on any atom is -0.496 e. The Bertz CT molecular complexity index is 1210. The lowest BCUT2D eigenvalue weighted by Gasteiger charge is -2.13. The molecule has 0 aliphatic rings. The van der Waals surface area contributed by atoms with Crippen LogP contribution in [0.3, 0.4) is 0 Å². The molecule has 1 N–H and O–H groups in total. The summed E-state index contributed by atoms with van der Waals surface area (Å²) in [5.74, 6) is 0.255. The third-order valence-corrected chi connectivity index (χ3v) is 6.03. The Balaban J connectivity index is 1.67. The molecule has 0 spiro atoms. The van der Waals surface area contributed by atoms with Crippen molar-refractivity contribution in [3.63, 3.8) is 0 Å². The fourth-order valence-electron chi connectivity index (χ4n) is 4.05. The topological polar surface area (TPSA) is 77.1 Å². The van der Waals surface area contributed by atoms with Crippen LogP contribution in [-0.4, -0.2) is 64.8 Å². The molecule has 0 aromatic heterocycles. The largest absolute Gasteiger partial charge is 0.496 e. The van der Waals surface area contributed by atoms with Crippen LogP contribution in [0.25, 0.3) is 11.1 Å². The summed E-state index contributed by atoms with van der Waals surface area (Å²) in [6, 6.07) is 18.7. The molecule has 3 aromatic rings. The quantitative estimate of drug-likeness (QED) is 0.269. The maximum atomic E-state index is 12.9. The lowest BCUT2D eigenvalue weighted by atomic mass is 9.98. The summed E-state index contributed by atoms with van der Waals surface area (Å²) < 4.78 is 15.6. The van der Waals surface area contributed by atoms with Crippen molar-refractivity contribution in [1.82, 2.24) is 4.90 Å². The van der Waals surface area contributed by atoms with E-state index in [-0.39, 0.29) is 18.5 Å². The van der Waals surface area contributed by atoms with E-state index < -0.39 is 0 Å². The first-order chi connectivity index (χ1) is 17.8. The van der Waals surface area contributed by atoms with E-state index in [9.17, 15) is 9.59 Å². The number of hydrogen-bond donors (Lipinski definition) is 1. The van der Waals surface area contributed by atoms with Gasteiger partial charge in [-0.1, -0.05) is 18.2 Å². The number of ether oxygens (including phenoxy) is 3.